The lowest BCUT2D eigenvalue weighted by Gasteiger charge is -2.36. The number of nitrogens with one attached hydrogen (secondary N) is 1. The lowest BCUT2D eigenvalue weighted by atomic mass is 10.1. The minimum absolute atomic E-state index is 0.541. The van der Waals surface area contributed by atoms with Gasteiger partial charge in [0.25, 0.3) is 5.91 Å². The van der Waals surface area contributed by atoms with Crippen LogP contribution in [0.15, 0.2) is 53.4 Å². The summed E-state index contributed by atoms with van der Waals surface area (Å²) in [5.74, 6) is 1.08. The quantitative estimate of drug-likeness (QED) is 0.338. The third-order valence-electron chi connectivity index (χ3n) is 4.79. The second kappa shape index (κ2) is 9.21. The molecule has 8 heteroatoms. The van der Waals surface area contributed by atoms with E-state index in [-0.39, 0.29) is 0 Å². The maximum Gasteiger partial charge on any atom is 0.267 e. The van der Waals surface area contributed by atoms with Crippen molar-refractivity contribution in [3.8, 4) is 11.5 Å². The number of ether oxygens (including phenoxy) is 2. The van der Waals surface area contributed by atoms with E-state index in [4.69, 9.17) is 14.7 Å². The van der Waals surface area contributed by atoms with Gasteiger partial charge in [-0.3, -0.25) is 10.0 Å². The first-order valence-electron chi connectivity index (χ1n) is 9.51. The Morgan fingerprint density at radius 1 is 1.03 bits per heavy atom. The van der Waals surface area contributed by atoms with Gasteiger partial charge in [-0.2, -0.15) is 0 Å². The molecule has 0 aromatic heterocycles. The molecule has 0 atom stereocenters. The fourth-order valence-corrected chi connectivity index (χ4v) is 4.30. The Morgan fingerprint density at radius 2 is 1.79 bits per heavy atom. The number of hydrogen-bond acceptors (Lipinski definition) is 7. The molecule has 2 aliphatic rings. The van der Waals surface area contributed by atoms with Crippen molar-refractivity contribution >= 4 is 29.6 Å². The fourth-order valence-electron chi connectivity index (χ4n) is 3.37. The van der Waals surface area contributed by atoms with E-state index in [2.05, 4.69) is 21.3 Å². The van der Waals surface area contributed by atoms with Crippen LogP contribution in [0, 0.1) is 0 Å². The van der Waals surface area contributed by atoms with Gasteiger partial charge >= 0.3 is 0 Å². The summed E-state index contributed by atoms with van der Waals surface area (Å²) in [6.45, 7) is 4.78. The summed E-state index contributed by atoms with van der Waals surface area (Å²) in [5.41, 5.74) is 3.65. The normalized spacial score (nSPS) is 16.8. The summed E-state index contributed by atoms with van der Waals surface area (Å²) < 4.78 is 13.6. The molecule has 2 aliphatic heterocycles. The smallest absolute Gasteiger partial charge is 0.267 e. The topological polar surface area (TPSA) is 74.3 Å². The highest BCUT2D eigenvalue weighted by Crippen LogP contribution is 2.35. The summed E-state index contributed by atoms with van der Waals surface area (Å²) in [7, 11) is 0. The highest BCUT2D eigenvalue weighted by molar-refractivity contribution is 7.97. The molecule has 0 radical (unpaired) electrons. The van der Waals surface area contributed by atoms with Crippen LogP contribution in [-0.4, -0.2) is 54.8 Å². The highest BCUT2D eigenvalue weighted by Gasteiger charge is 2.20. The second-order valence-electron chi connectivity index (χ2n) is 6.68. The largest absolute Gasteiger partial charge is 0.486 e. The maximum atomic E-state index is 11.3. The van der Waals surface area contributed by atoms with Crippen LogP contribution in [0.25, 0.3) is 6.08 Å². The van der Waals surface area contributed by atoms with Gasteiger partial charge in [0.05, 0.1) is 0 Å². The molecule has 4 rings (SSSR count). The Bertz CT molecular complexity index is 897. The van der Waals surface area contributed by atoms with Gasteiger partial charge in [0, 0.05) is 42.8 Å². The standard InChI is InChI=1S/C21H23N3O4S/c25-21(22-26)8-5-16-3-1-2-4-18(16)23-9-11-24(12-10-23)29-17-6-7-19-20(15-17)28-14-13-27-19/h1-8,15,26H,9-14H2,(H,22,25)/b8-5+. The average Bonchev–Trinajstić information content (AvgIpc) is 2.78. The predicted octanol–water partition coefficient (Wildman–Crippen LogP) is 2.81. The van der Waals surface area contributed by atoms with Crippen LogP contribution in [0.1, 0.15) is 5.56 Å². The number of carbonyl (C=O) groups excluding carboxylic acids is 1. The van der Waals surface area contributed by atoms with Crippen molar-refractivity contribution in [2.45, 2.75) is 4.90 Å². The van der Waals surface area contributed by atoms with Gasteiger partial charge in [0.2, 0.25) is 0 Å². The SMILES string of the molecule is O=C(/C=C/c1ccccc1N1CCN(Sc2ccc3c(c2)OCCO3)CC1)NO. The monoisotopic (exact) mass is 413 g/mol. The maximum absolute atomic E-state index is 11.3. The van der Waals surface area contributed by atoms with Crippen LogP contribution in [0.5, 0.6) is 11.5 Å². The number of nitrogens with zero attached hydrogens (tertiary/aromatic N) is 2. The lowest BCUT2D eigenvalue weighted by molar-refractivity contribution is -0.124. The first-order valence-corrected chi connectivity index (χ1v) is 10.3. The molecule has 7 nitrogen and oxygen atoms in total. The Kier molecular flexibility index (Phi) is 6.24. The van der Waals surface area contributed by atoms with Gasteiger partial charge in [-0.15, -0.1) is 0 Å². The van der Waals surface area contributed by atoms with Crippen molar-refractivity contribution in [1.29, 1.82) is 0 Å². The Labute approximate surface area is 174 Å². The van der Waals surface area contributed by atoms with Crippen molar-refractivity contribution in [2.75, 3.05) is 44.3 Å². The van der Waals surface area contributed by atoms with Gasteiger partial charge in [0.15, 0.2) is 11.5 Å². The molecule has 0 aliphatic carbocycles. The number of carbonyl (C=O) groups is 1. The number of hydrogen-bond donors (Lipinski definition) is 2. The van der Waals surface area contributed by atoms with Gasteiger partial charge in [-0.1, -0.05) is 18.2 Å². The number of anilines is 1. The lowest BCUT2D eigenvalue weighted by Crippen LogP contribution is -2.43. The molecular formula is C21H23N3O4S. The van der Waals surface area contributed by atoms with E-state index < -0.39 is 5.91 Å². The van der Waals surface area contributed by atoms with Crippen molar-refractivity contribution < 1.29 is 19.5 Å². The molecule has 152 valence electrons. The van der Waals surface area contributed by atoms with Crippen LogP contribution in [0.2, 0.25) is 0 Å². The number of amides is 1. The first-order chi connectivity index (χ1) is 14.2. The summed E-state index contributed by atoms with van der Waals surface area (Å²) in [6, 6.07) is 14.0. The van der Waals surface area contributed by atoms with Crippen LogP contribution in [0.4, 0.5) is 5.69 Å². The zero-order valence-electron chi connectivity index (χ0n) is 15.9. The predicted molar refractivity (Wildman–Crippen MR) is 112 cm³/mol. The van der Waals surface area contributed by atoms with Crippen LogP contribution in [-0.2, 0) is 4.79 Å². The van der Waals surface area contributed by atoms with E-state index in [1.54, 1.807) is 23.5 Å². The fraction of sp³-hybridized carbons (Fsp3) is 0.286. The molecule has 2 aromatic rings. The third kappa shape index (κ3) is 4.84. The second-order valence-corrected chi connectivity index (χ2v) is 7.85. The van der Waals surface area contributed by atoms with Crippen LogP contribution >= 0.6 is 11.9 Å². The van der Waals surface area contributed by atoms with E-state index in [0.29, 0.717) is 13.2 Å². The average molecular weight is 413 g/mol. The number of hydroxylamine groups is 1. The highest BCUT2D eigenvalue weighted by atomic mass is 32.2. The van der Waals surface area contributed by atoms with Crippen LogP contribution in [0.3, 0.4) is 0 Å². The molecule has 1 saturated heterocycles. The summed E-state index contributed by atoms with van der Waals surface area (Å²) in [4.78, 5) is 14.7. The zero-order valence-corrected chi connectivity index (χ0v) is 16.7. The number of para-hydroxylation sites is 1. The molecule has 2 heterocycles. The van der Waals surface area contributed by atoms with E-state index in [1.165, 1.54) is 6.08 Å². The number of rotatable bonds is 5. The molecule has 2 N–H and O–H groups in total. The summed E-state index contributed by atoms with van der Waals surface area (Å²) in [6.07, 6.45) is 3.05. The molecule has 0 spiro atoms. The van der Waals surface area contributed by atoms with Crippen molar-refractivity contribution in [2.24, 2.45) is 0 Å². The Morgan fingerprint density at radius 3 is 2.59 bits per heavy atom. The van der Waals surface area contributed by atoms with E-state index >= 15 is 0 Å². The zero-order chi connectivity index (χ0) is 20.1. The molecule has 1 fully saturated rings. The molecule has 29 heavy (non-hydrogen) atoms. The third-order valence-corrected chi connectivity index (χ3v) is 5.88. The summed E-state index contributed by atoms with van der Waals surface area (Å²) in [5, 5.41) is 8.66. The molecular weight excluding hydrogens is 390 g/mol. The van der Waals surface area contributed by atoms with Gasteiger partial charge in [-0.05, 0) is 47.9 Å². The van der Waals surface area contributed by atoms with E-state index in [0.717, 1.165) is 53.8 Å². The number of benzene rings is 2. The van der Waals surface area contributed by atoms with Gasteiger partial charge in [-0.25, -0.2) is 9.79 Å². The molecule has 0 bridgehead atoms. The van der Waals surface area contributed by atoms with Crippen molar-refractivity contribution in [1.82, 2.24) is 9.79 Å². The van der Waals surface area contributed by atoms with Gasteiger partial charge < -0.3 is 14.4 Å². The number of piperazine rings is 1. The number of fused-ring (bicyclic) bond motifs is 1. The molecule has 0 saturated carbocycles. The molecule has 0 unspecified atom stereocenters. The summed E-state index contributed by atoms with van der Waals surface area (Å²) >= 11 is 1.73. The Hall–Kier alpha value is -2.68. The van der Waals surface area contributed by atoms with Crippen LogP contribution < -0.4 is 19.9 Å². The molecule has 1 amide bonds. The van der Waals surface area contributed by atoms with Crippen molar-refractivity contribution in [3.05, 3.63) is 54.1 Å². The first kappa shape index (κ1) is 19.6. The minimum Gasteiger partial charge on any atom is -0.486 e. The van der Waals surface area contributed by atoms with E-state index in [1.807, 2.05) is 30.3 Å². The van der Waals surface area contributed by atoms with Crippen molar-refractivity contribution in [3.63, 3.8) is 0 Å². The minimum atomic E-state index is -0.541. The Balaban J connectivity index is 1.38. The van der Waals surface area contributed by atoms with E-state index in [9.17, 15) is 4.79 Å². The molecule has 2 aromatic carbocycles. The van der Waals surface area contributed by atoms with Gasteiger partial charge in [0.1, 0.15) is 13.2 Å².